The van der Waals surface area contributed by atoms with Crippen molar-refractivity contribution in [2.24, 2.45) is 0 Å². The molecule has 0 bridgehead atoms. The lowest BCUT2D eigenvalue weighted by atomic mass is 10.2. The van der Waals surface area contributed by atoms with E-state index in [1.807, 2.05) is 38.1 Å². The molecule has 132 valence electrons. The fourth-order valence-electron chi connectivity index (χ4n) is 3.00. The van der Waals surface area contributed by atoms with Gasteiger partial charge in [0.1, 0.15) is 6.04 Å². The largest absolute Gasteiger partial charge is 0.325 e. The second-order valence-corrected chi connectivity index (χ2v) is 8.33. The Morgan fingerprint density at radius 2 is 1.56 bits per heavy atom. The maximum Gasteiger partial charge on any atom is 0.243 e. The first kappa shape index (κ1) is 17.6. The molecule has 1 aliphatic rings. The fourth-order valence-corrected chi connectivity index (χ4v) is 4.65. The van der Waals surface area contributed by atoms with Crippen LogP contribution >= 0.6 is 0 Å². The van der Waals surface area contributed by atoms with Crippen molar-refractivity contribution in [1.82, 2.24) is 4.31 Å². The molecule has 1 fully saturated rings. The molecule has 1 heterocycles. The van der Waals surface area contributed by atoms with Gasteiger partial charge in [-0.2, -0.15) is 4.31 Å². The van der Waals surface area contributed by atoms with Crippen LogP contribution in [0.1, 0.15) is 24.0 Å². The molecule has 5 nitrogen and oxygen atoms in total. The highest BCUT2D eigenvalue weighted by Gasteiger charge is 2.39. The molecule has 1 saturated heterocycles. The quantitative estimate of drug-likeness (QED) is 0.913. The third-order valence-electron chi connectivity index (χ3n) is 4.45. The van der Waals surface area contributed by atoms with E-state index < -0.39 is 16.1 Å². The summed E-state index contributed by atoms with van der Waals surface area (Å²) in [7, 11) is -3.68. The number of amides is 1. The van der Waals surface area contributed by atoms with Crippen LogP contribution in [0.4, 0.5) is 5.69 Å². The molecular weight excluding hydrogens is 336 g/mol. The van der Waals surface area contributed by atoms with E-state index in [1.165, 1.54) is 4.31 Å². The van der Waals surface area contributed by atoms with Gasteiger partial charge in [-0.05, 0) is 51.0 Å². The normalized spacial score (nSPS) is 18.2. The Bertz CT molecular complexity index is 859. The van der Waals surface area contributed by atoms with Gasteiger partial charge in [0.15, 0.2) is 0 Å². The van der Waals surface area contributed by atoms with Crippen LogP contribution in [-0.4, -0.2) is 31.2 Å². The molecule has 0 spiro atoms. The highest BCUT2D eigenvalue weighted by Crippen LogP contribution is 2.27. The van der Waals surface area contributed by atoms with Gasteiger partial charge in [0, 0.05) is 12.2 Å². The summed E-state index contributed by atoms with van der Waals surface area (Å²) in [5.74, 6) is -0.281. The van der Waals surface area contributed by atoms with E-state index in [4.69, 9.17) is 0 Å². The van der Waals surface area contributed by atoms with Gasteiger partial charge in [-0.15, -0.1) is 0 Å². The minimum atomic E-state index is -3.68. The number of benzene rings is 2. The lowest BCUT2D eigenvalue weighted by Crippen LogP contribution is -2.43. The Labute approximate surface area is 148 Å². The molecule has 0 radical (unpaired) electrons. The zero-order valence-electron chi connectivity index (χ0n) is 14.4. The summed E-state index contributed by atoms with van der Waals surface area (Å²) in [5.41, 5.74) is 2.77. The zero-order chi connectivity index (χ0) is 18.0. The number of carbonyl (C=O) groups excluding carboxylic acids is 1. The van der Waals surface area contributed by atoms with Gasteiger partial charge in [0.2, 0.25) is 15.9 Å². The standard InChI is InChI=1S/C19H22N2O3S/c1-14-5-9-16(10-6-14)20-19(22)18-4-3-13-21(18)25(23,24)17-11-7-15(2)8-12-17/h5-12,18H,3-4,13H2,1-2H3,(H,20,22)/t18-/m0/s1. The first-order chi connectivity index (χ1) is 11.9. The molecule has 2 aromatic rings. The predicted octanol–water partition coefficient (Wildman–Crippen LogP) is 3.10. The summed E-state index contributed by atoms with van der Waals surface area (Å²) >= 11 is 0. The van der Waals surface area contributed by atoms with Crippen molar-refractivity contribution < 1.29 is 13.2 Å². The van der Waals surface area contributed by atoms with Gasteiger partial charge in [0.25, 0.3) is 0 Å². The van der Waals surface area contributed by atoms with E-state index in [0.29, 0.717) is 25.1 Å². The van der Waals surface area contributed by atoms with Gasteiger partial charge in [-0.1, -0.05) is 35.4 Å². The summed E-state index contributed by atoms with van der Waals surface area (Å²) in [6, 6.07) is 13.5. The highest BCUT2D eigenvalue weighted by molar-refractivity contribution is 7.89. The molecular formula is C19H22N2O3S. The third kappa shape index (κ3) is 3.75. The Morgan fingerprint density at radius 1 is 1.00 bits per heavy atom. The van der Waals surface area contributed by atoms with Crippen molar-refractivity contribution in [2.75, 3.05) is 11.9 Å². The van der Waals surface area contributed by atoms with Crippen LogP contribution in [-0.2, 0) is 14.8 Å². The second-order valence-electron chi connectivity index (χ2n) is 6.44. The minimum absolute atomic E-state index is 0.230. The van der Waals surface area contributed by atoms with Gasteiger partial charge in [0.05, 0.1) is 4.90 Å². The third-order valence-corrected chi connectivity index (χ3v) is 6.38. The van der Waals surface area contributed by atoms with E-state index in [9.17, 15) is 13.2 Å². The monoisotopic (exact) mass is 358 g/mol. The van der Waals surface area contributed by atoms with E-state index >= 15 is 0 Å². The van der Waals surface area contributed by atoms with Crippen LogP contribution in [0.15, 0.2) is 53.4 Å². The van der Waals surface area contributed by atoms with E-state index in [-0.39, 0.29) is 10.8 Å². The van der Waals surface area contributed by atoms with Crippen LogP contribution in [0.2, 0.25) is 0 Å². The van der Waals surface area contributed by atoms with Crippen LogP contribution in [0.3, 0.4) is 0 Å². The molecule has 1 amide bonds. The molecule has 1 N–H and O–H groups in total. The number of hydrogen-bond donors (Lipinski definition) is 1. The molecule has 0 aromatic heterocycles. The van der Waals surface area contributed by atoms with Crippen LogP contribution in [0, 0.1) is 13.8 Å². The first-order valence-electron chi connectivity index (χ1n) is 8.34. The molecule has 0 aliphatic carbocycles. The van der Waals surface area contributed by atoms with Gasteiger partial charge >= 0.3 is 0 Å². The SMILES string of the molecule is Cc1ccc(NC(=O)[C@@H]2CCCN2S(=O)(=O)c2ccc(C)cc2)cc1. The summed E-state index contributed by atoms with van der Waals surface area (Å²) in [4.78, 5) is 12.9. The molecule has 3 rings (SSSR count). The zero-order valence-corrected chi connectivity index (χ0v) is 15.2. The number of aryl methyl sites for hydroxylation is 2. The maximum absolute atomic E-state index is 12.9. The topological polar surface area (TPSA) is 66.5 Å². The molecule has 0 unspecified atom stereocenters. The molecule has 6 heteroatoms. The number of rotatable bonds is 4. The highest BCUT2D eigenvalue weighted by atomic mass is 32.2. The van der Waals surface area contributed by atoms with Gasteiger partial charge in [-0.3, -0.25) is 4.79 Å². The van der Waals surface area contributed by atoms with Gasteiger partial charge < -0.3 is 5.32 Å². The summed E-state index contributed by atoms with van der Waals surface area (Å²) in [5, 5.41) is 2.83. The summed E-state index contributed by atoms with van der Waals surface area (Å²) in [6.45, 7) is 4.24. The summed E-state index contributed by atoms with van der Waals surface area (Å²) < 4.78 is 27.1. The fraction of sp³-hybridized carbons (Fsp3) is 0.316. The Morgan fingerprint density at radius 3 is 2.16 bits per heavy atom. The van der Waals surface area contributed by atoms with E-state index in [0.717, 1.165) is 11.1 Å². The number of anilines is 1. The van der Waals surface area contributed by atoms with Crippen molar-refractivity contribution in [1.29, 1.82) is 0 Å². The van der Waals surface area contributed by atoms with Crippen molar-refractivity contribution in [3.63, 3.8) is 0 Å². The Hall–Kier alpha value is -2.18. The van der Waals surface area contributed by atoms with Crippen molar-refractivity contribution in [2.45, 2.75) is 37.6 Å². The van der Waals surface area contributed by atoms with Gasteiger partial charge in [-0.25, -0.2) is 8.42 Å². The Balaban J connectivity index is 1.80. The molecule has 1 aliphatic heterocycles. The smallest absolute Gasteiger partial charge is 0.243 e. The first-order valence-corrected chi connectivity index (χ1v) is 9.78. The van der Waals surface area contributed by atoms with E-state index in [2.05, 4.69) is 5.32 Å². The lowest BCUT2D eigenvalue weighted by molar-refractivity contribution is -0.119. The average molecular weight is 358 g/mol. The van der Waals surface area contributed by atoms with E-state index in [1.54, 1.807) is 24.3 Å². The van der Waals surface area contributed by atoms with Crippen molar-refractivity contribution in [3.8, 4) is 0 Å². The predicted molar refractivity (Wildman–Crippen MR) is 97.9 cm³/mol. The number of hydrogen-bond acceptors (Lipinski definition) is 3. The van der Waals surface area contributed by atoms with Crippen LogP contribution < -0.4 is 5.32 Å². The van der Waals surface area contributed by atoms with Crippen molar-refractivity contribution in [3.05, 3.63) is 59.7 Å². The van der Waals surface area contributed by atoms with Crippen LogP contribution in [0.25, 0.3) is 0 Å². The second kappa shape index (κ2) is 6.98. The maximum atomic E-state index is 12.9. The number of nitrogens with zero attached hydrogens (tertiary/aromatic N) is 1. The lowest BCUT2D eigenvalue weighted by Gasteiger charge is -2.23. The number of nitrogens with one attached hydrogen (secondary N) is 1. The summed E-state index contributed by atoms with van der Waals surface area (Å²) in [6.07, 6.45) is 1.21. The average Bonchev–Trinajstić information content (AvgIpc) is 3.08. The van der Waals surface area contributed by atoms with Crippen molar-refractivity contribution >= 4 is 21.6 Å². The number of sulfonamides is 1. The molecule has 2 aromatic carbocycles. The molecule has 1 atom stereocenters. The minimum Gasteiger partial charge on any atom is -0.325 e. The number of carbonyl (C=O) groups is 1. The van der Waals surface area contributed by atoms with Crippen LogP contribution in [0.5, 0.6) is 0 Å². The molecule has 0 saturated carbocycles. The molecule has 25 heavy (non-hydrogen) atoms. The Kier molecular flexibility index (Phi) is 4.92.